The first-order valence-electron chi connectivity index (χ1n) is 8.19. The molecule has 0 aliphatic carbocycles. The number of piperidine rings is 1. The van der Waals surface area contributed by atoms with Gasteiger partial charge in [0.15, 0.2) is 0 Å². The van der Waals surface area contributed by atoms with Crippen LogP contribution < -0.4 is 0 Å². The molecule has 2 heterocycles. The molecule has 2 aliphatic rings. The highest BCUT2D eigenvalue weighted by Crippen LogP contribution is 2.34. The Labute approximate surface area is 123 Å². The van der Waals surface area contributed by atoms with Gasteiger partial charge in [0.05, 0.1) is 6.10 Å². The van der Waals surface area contributed by atoms with Crippen LogP contribution in [0.2, 0.25) is 0 Å². The predicted octanol–water partition coefficient (Wildman–Crippen LogP) is 3.71. The number of benzene rings is 1. The van der Waals surface area contributed by atoms with Crippen molar-refractivity contribution in [2.75, 3.05) is 19.7 Å². The van der Waals surface area contributed by atoms with Gasteiger partial charge < -0.3 is 4.74 Å². The van der Waals surface area contributed by atoms with E-state index >= 15 is 0 Å². The van der Waals surface area contributed by atoms with Gasteiger partial charge in [-0.25, -0.2) is 0 Å². The summed E-state index contributed by atoms with van der Waals surface area (Å²) in [5, 5.41) is 0. The van der Waals surface area contributed by atoms with Crippen molar-refractivity contribution in [1.82, 2.24) is 4.90 Å². The Kier molecular flexibility index (Phi) is 4.74. The zero-order valence-electron chi connectivity index (χ0n) is 12.6. The zero-order valence-corrected chi connectivity index (χ0v) is 12.6. The highest BCUT2D eigenvalue weighted by atomic mass is 16.5. The van der Waals surface area contributed by atoms with Crippen LogP contribution in [0.15, 0.2) is 30.3 Å². The monoisotopic (exact) mass is 273 g/mol. The van der Waals surface area contributed by atoms with Crippen LogP contribution in [0.1, 0.15) is 38.2 Å². The van der Waals surface area contributed by atoms with Crippen LogP contribution in [0.4, 0.5) is 0 Å². The Morgan fingerprint density at radius 1 is 1.05 bits per heavy atom. The molecule has 2 aliphatic heterocycles. The third-order valence-electron chi connectivity index (χ3n) is 5.07. The maximum atomic E-state index is 5.69. The molecule has 2 nitrogen and oxygen atoms in total. The molecule has 1 aromatic carbocycles. The molecule has 2 heteroatoms. The number of nitrogens with zero attached hydrogens (tertiary/aromatic N) is 1. The zero-order chi connectivity index (χ0) is 13.8. The summed E-state index contributed by atoms with van der Waals surface area (Å²) in [6.45, 7) is 6.88. The first-order chi connectivity index (χ1) is 9.81. The van der Waals surface area contributed by atoms with E-state index in [-0.39, 0.29) is 0 Å². The fourth-order valence-corrected chi connectivity index (χ4v) is 3.89. The molecular weight excluding hydrogens is 246 g/mol. The Balaban J connectivity index is 1.47. The fourth-order valence-electron chi connectivity index (χ4n) is 3.89. The molecule has 0 aromatic heterocycles. The van der Waals surface area contributed by atoms with Gasteiger partial charge in [-0.2, -0.15) is 0 Å². The second-order valence-corrected chi connectivity index (χ2v) is 6.57. The number of hydrogen-bond donors (Lipinski definition) is 0. The Bertz CT molecular complexity index is 397. The van der Waals surface area contributed by atoms with Crippen molar-refractivity contribution < 1.29 is 4.74 Å². The summed E-state index contributed by atoms with van der Waals surface area (Å²) < 4.78 is 5.69. The summed E-state index contributed by atoms with van der Waals surface area (Å²) in [6.07, 6.45) is 5.81. The lowest BCUT2D eigenvalue weighted by atomic mass is 9.78. The molecule has 0 radical (unpaired) electrons. The average Bonchev–Trinajstić information content (AvgIpc) is 2.49. The number of hydrogen-bond acceptors (Lipinski definition) is 2. The second kappa shape index (κ2) is 6.73. The van der Waals surface area contributed by atoms with Gasteiger partial charge in [0.25, 0.3) is 0 Å². The van der Waals surface area contributed by atoms with Crippen molar-refractivity contribution in [3.63, 3.8) is 0 Å². The van der Waals surface area contributed by atoms with Crippen LogP contribution in [0.5, 0.6) is 0 Å². The summed E-state index contributed by atoms with van der Waals surface area (Å²) in [5.74, 6) is 1.85. The molecule has 0 bridgehead atoms. The van der Waals surface area contributed by atoms with Crippen LogP contribution in [0.3, 0.4) is 0 Å². The smallest absolute Gasteiger partial charge is 0.0549 e. The molecule has 2 saturated heterocycles. The highest BCUT2D eigenvalue weighted by molar-refractivity contribution is 5.14. The summed E-state index contributed by atoms with van der Waals surface area (Å²) >= 11 is 0. The Morgan fingerprint density at radius 3 is 2.50 bits per heavy atom. The maximum Gasteiger partial charge on any atom is 0.0549 e. The van der Waals surface area contributed by atoms with Crippen molar-refractivity contribution in [3.05, 3.63) is 35.9 Å². The minimum absolute atomic E-state index is 0.482. The minimum Gasteiger partial charge on any atom is -0.378 e. The van der Waals surface area contributed by atoms with Gasteiger partial charge in [0.2, 0.25) is 0 Å². The van der Waals surface area contributed by atoms with Crippen LogP contribution >= 0.6 is 0 Å². The second-order valence-electron chi connectivity index (χ2n) is 6.57. The third kappa shape index (κ3) is 3.62. The number of rotatable bonds is 3. The van der Waals surface area contributed by atoms with Gasteiger partial charge in [-0.3, -0.25) is 4.90 Å². The van der Waals surface area contributed by atoms with E-state index in [1.807, 2.05) is 0 Å². The molecule has 0 amide bonds. The molecule has 0 N–H and O–H groups in total. The van der Waals surface area contributed by atoms with Crippen LogP contribution in [-0.2, 0) is 11.3 Å². The highest BCUT2D eigenvalue weighted by Gasteiger charge is 2.29. The average molecular weight is 273 g/mol. The molecule has 20 heavy (non-hydrogen) atoms. The van der Waals surface area contributed by atoms with Crippen LogP contribution in [0.25, 0.3) is 0 Å². The largest absolute Gasteiger partial charge is 0.378 e. The summed E-state index contributed by atoms with van der Waals surface area (Å²) in [5.41, 5.74) is 1.45. The van der Waals surface area contributed by atoms with E-state index in [0.717, 1.165) is 25.0 Å². The summed E-state index contributed by atoms with van der Waals surface area (Å²) in [4.78, 5) is 2.62. The lowest BCUT2D eigenvalue weighted by Gasteiger charge is -2.39. The van der Waals surface area contributed by atoms with Crippen molar-refractivity contribution in [2.45, 2.75) is 45.3 Å². The van der Waals surface area contributed by atoms with E-state index in [4.69, 9.17) is 4.74 Å². The van der Waals surface area contributed by atoms with Crippen molar-refractivity contribution in [1.29, 1.82) is 0 Å². The van der Waals surface area contributed by atoms with Crippen molar-refractivity contribution in [2.24, 2.45) is 11.8 Å². The van der Waals surface area contributed by atoms with E-state index < -0.39 is 0 Å². The standard InChI is InChI=1S/C18H27NO/c1-15-13-18(9-12-20-15)17-7-10-19(11-8-17)14-16-5-3-2-4-6-16/h2-6,15,17-18H,7-14H2,1H3. The molecule has 1 aromatic rings. The van der Waals surface area contributed by atoms with E-state index in [2.05, 4.69) is 42.2 Å². The number of ether oxygens (including phenoxy) is 1. The van der Waals surface area contributed by atoms with E-state index in [0.29, 0.717) is 6.10 Å². The quantitative estimate of drug-likeness (QED) is 0.832. The molecule has 3 rings (SSSR count). The Hall–Kier alpha value is -0.860. The molecule has 0 saturated carbocycles. The van der Waals surface area contributed by atoms with Gasteiger partial charge in [-0.1, -0.05) is 30.3 Å². The maximum absolute atomic E-state index is 5.69. The van der Waals surface area contributed by atoms with E-state index in [9.17, 15) is 0 Å². The molecule has 0 spiro atoms. The van der Waals surface area contributed by atoms with Crippen molar-refractivity contribution >= 4 is 0 Å². The molecule has 2 fully saturated rings. The van der Waals surface area contributed by atoms with Gasteiger partial charge in [0, 0.05) is 13.2 Å². The van der Waals surface area contributed by atoms with Crippen molar-refractivity contribution in [3.8, 4) is 0 Å². The van der Waals surface area contributed by atoms with Gasteiger partial charge in [-0.05, 0) is 63.1 Å². The molecule has 2 atom stereocenters. The molecular formula is C18H27NO. The van der Waals surface area contributed by atoms with Gasteiger partial charge in [-0.15, -0.1) is 0 Å². The minimum atomic E-state index is 0.482. The summed E-state index contributed by atoms with van der Waals surface area (Å²) in [7, 11) is 0. The van der Waals surface area contributed by atoms with Crippen LogP contribution in [-0.4, -0.2) is 30.7 Å². The predicted molar refractivity (Wildman–Crippen MR) is 82.6 cm³/mol. The topological polar surface area (TPSA) is 12.5 Å². The Morgan fingerprint density at radius 2 is 1.80 bits per heavy atom. The number of likely N-dealkylation sites (tertiary alicyclic amines) is 1. The molecule has 2 unspecified atom stereocenters. The van der Waals surface area contributed by atoms with Crippen LogP contribution in [0, 0.1) is 11.8 Å². The van der Waals surface area contributed by atoms with Gasteiger partial charge in [0.1, 0.15) is 0 Å². The SMILES string of the molecule is CC1CC(C2CCN(Cc3ccccc3)CC2)CCO1. The third-order valence-corrected chi connectivity index (χ3v) is 5.07. The van der Waals surface area contributed by atoms with E-state index in [1.54, 1.807) is 0 Å². The summed E-state index contributed by atoms with van der Waals surface area (Å²) in [6, 6.07) is 10.9. The normalized spacial score (nSPS) is 29.4. The first-order valence-corrected chi connectivity index (χ1v) is 8.19. The lowest BCUT2D eigenvalue weighted by Crippen LogP contribution is -2.38. The first kappa shape index (κ1) is 14.1. The van der Waals surface area contributed by atoms with Gasteiger partial charge >= 0.3 is 0 Å². The molecule has 110 valence electrons. The lowest BCUT2D eigenvalue weighted by molar-refractivity contribution is -0.0209. The van der Waals surface area contributed by atoms with E-state index in [1.165, 1.54) is 44.3 Å². The fraction of sp³-hybridized carbons (Fsp3) is 0.667.